The van der Waals surface area contributed by atoms with Crippen molar-refractivity contribution in [2.24, 2.45) is 5.92 Å². The molecule has 4 nitrogen and oxygen atoms in total. The molecule has 1 aromatic heterocycles. The van der Waals surface area contributed by atoms with Gasteiger partial charge in [-0.1, -0.05) is 0 Å². The number of rotatable bonds is 5. The van der Waals surface area contributed by atoms with E-state index in [-0.39, 0.29) is 0 Å². The molecule has 94 valence electrons. The van der Waals surface area contributed by atoms with Crippen LogP contribution in [0.2, 0.25) is 0 Å². The monoisotopic (exact) mass is 235 g/mol. The Hall–Kier alpha value is -1.00. The molecule has 0 fully saturated rings. The van der Waals surface area contributed by atoms with Crippen molar-refractivity contribution in [2.75, 3.05) is 20.2 Å². The Bertz CT molecular complexity index is 368. The van der Waals surface area contributed by atoms with Crippen molar-refractivity contribution in [1.82, 2.24) is 15.3 Å². The Kier molecular flexibility index (Phi) is 4.45. The summed E-state index contributed by atoms with van der Waals surface area (Å²) in [5.41, 5.74) is 2.54. The van der Waals surface area contributed by atoms with Gasteiger partial charge in [-0.15, -0.1) is 0 Å². The number of nitrogens with zero attached hydrogens (tertiary/aromatic N) is 2. The van der Waals surface area contributed by atoms with Crippen LogP contribution in [0.4, 0.5) is 0 Å². The molecular weight excluding hydrogens is 214 g/mol. The molecule has 0 amide bonds. The van der Waals surface area contributed by atoms with Gasteiger partial charge in [0.2, 0.25) is 0 Å². The molecule has 0 aromatic carbocycles. The molecule has 1 atom stereocenters. The molecule has 4 heteroatoms. The molecule has 1 unspecified atom stereocenters. The molecule has 0 saturated carbocycles. The Balaban J connectivity index is 2.03. The molecule has 1 aliphatic rings. The third-order valence-corrected chi connectivity index (χ3v) is 3.23. The minimum absolute atomic E-state index is 0.531. The van der Waals surface area contributed by atoms with Crippen molar-refractivity contribution in [3.8, 4) is 0 Å². The molecule has 0 aliphatic heterocycles. The van der Waals surface area contributed by atoms with E-state index < -0.39 is 0 Å². The molecule has 0 radical (unpaired) electrons. The Labute approximate surface area is 103 Å². The van der Waals surface area contributed by atoms with E-state index in [1.54, 1.807) is 0 Å². The number of hydrogen-bond acceptors (Lipinski definition) is 4. The Morgan fingerprint density at radius 1 is 1.53 bits per heavy atom. The van der Waals surface area contributed by atoms with Crippen molar-refractivity contribution in [1.29, 1.82) is 0 Å². The summed E-state index contributed by atoms with van der Waals surface area (Å²) in [5, 5.41) is 3.25. The third kappa shape index (κ3) is 3.23. The van der Waals surface area contributed by atoms with Gasteiger partial charge in [0, 0.05) is 18.5 Å². The van der Waals surface area contributed by atoms with E-state index >= 15 is 0 Å². The minimum Gasteiger partial charge on any atom is -0.374 e. The second kappa shape index (κ2) is 6.07. The van der Waals surface area contributed by atoms with Gasteiger partial charge in [-0.05, 0) is 51.3 Å². The fourth-order valence-corrected chi connectivity index (χ4v) is 2.35. The van der Waals surface area contributed by atoms with Crippen molar-refractivity contribution >= 4 is 0 Å². The lowest BCUT2D eigenvalue weighted by Crippen LogP contribution is -2.25. The van der Waals surface area contributed by atoms with Crippen LogP contribution in [0.5, 0.6) is 0 Å². The van der Waals surface area contributed by atoms with Gasteiger partial charge >= 0.3 is 0 Å². The van der Waals surface area contributed by atoms with Gasteiger partial charge in [0.15, 0.2) is 5.82 Å². The summed E-state index contributed by atoms with van der Waals surface area (Å²) in [6, 6.07) is 0. The first kappa shape index (κ1) is 12.5. The van der Waals surface area contributed by atoms with Gasteiger partial charge in [0.1, 0.15) is 6.61 Å². The maximum absolute atomic E-state index is 5.34. The van der Waals surface area contributed by atoms with Crippen LogP contribution in [0.15, 0.2) is 6.20 Å². The molecule has 1 N–H and O–H groups in total. The fourth-order valence-electron chi connectivity index (χ4n) is 2.35. The van der Waals surface area contributed by atoms with E-state index in [0.717, 1.165) is 31.1 Å². The molecular formula is C13H21N3O. The fraction of sp³-hybridized carbons (Fsp3) is 0.692. The highest BCUT2D eigenvalue weighted by molar-refractivity contribution is 5.21. The zero-order valence-electron chi connectivity index (χ0n) is 10.7. The normalized spacial score (nSPS) is 19.1. The number of hydrogen-bond donors (Lipinski definition) is 1. The SMILES string of the molecule is CCOCc1ncc2c(n1)CCC(CNC)C2. The molecule has 17 heavy (non-hydrogen) atoms. The predicted octanol–water partition coefficient (Wildman–Crippen LogP) is 1.34. The first-order valence-electron chi connectivity index (χ1n) is 6.39. The molecule has 0 bridgehead atoms. The number of fused-ring (bicyclic) bond motifs is 1. The molecule has 0 saturated heterocycles. The van der Waals surface area contributed by atoms with E-state index in [4.69, 9.17) is 4.74 Å². The highest BCUT2D eigenvalue weighted by atomic mass is 16.5. The number of aryl methyl sites for hydroxylation is 1. The standard InChI is InChI=1S/C13H21N3O/c1-3-17-9-13-15-8-11-6-10(7-14-2)4-5-12(11)16-13/h8,10,14H,3-7,9H2,1-2H3. The molecule has 0 spiro atoms. The van der Waals surface area contributed by atoms with Crippen LogP contribution in [-0.2, 0) is 24.2 Å². The van der Waals surface area contributed by atoms with Gasteiger partial charge in [-0.25, -0.2) is 9.97 Å². The van der Waals surface area contributed by atoms with Crippen LogP contribution in [-0.4, -0.2) is 30.2 Å². The lowest BCUT2D eigenvalue weighted by Gasteiger charge is -2.23. The maximum atomic E-state index is 5.34. The Morgan fingerprint density at radius 3 is 3.18 bits per heavy atom. The zero-order chi connectivity index (χ0) is 12.1. The van der Waals surface area contributed by atoms with E-state index in [2.05, 4.69) is 15.3 Å². The Morgan fingerprint density at radius 2 is 2.41 bits per heavy atom. The van der Waals surface area contributed by atoms with Crippen LogP contribution in [0.1, 0.15) is 30.4 Å². The van der Waals surface area contributed by atoms with E-state index in [9.17, 15) is 0 Å². The van der Waals surface area contributed by atoms with E-state index in [1.165, 1.54) is 17.7 Å². The summed E-state index contributed by atoms with van der Waals surface area (Å²) < 4.78 is 5.34. The predicted molar refractivity (Wildman–Crippen MR) is 66.8 cm³/mol. The topological polar surface area (TPSA) is 47.0 Å². The second-order valence-electron chi connectivity index (χ2n) is 4.56. The molecule has 2 rings (SSSR count). The van der Waals surface area contributed by atoms with Crippen LogP contribution >= 0.6 is 0 Å². The highest BCUT2D eigenvalue weighted by Crippen LogP contribution is 2.23. The molecule has 1 heterocycles. The molecule has 1 aliphatic carbocycles. The number of aromatic nitrogens is 2. The van der Waals surface area contributed by atoms with Crippen molar-refractivity contribution < 1.29 is 4.74 Å². The van der Waals surface area contributed by atoms with E-state index in [0.29, 0.717) is 13.2 Å². The summed E-state index contributed by atoms with van der Waals surface area (Å²) in [6.07, 6.45) is 5.38. The van der Waals surface area contributed by atoms with Gasteiger partial charge in [-0.2, -0.15) is 0 Å². The summed E-state index contributed by atoms with van der Waals surface area (Å²) in [6.45, 7) is 4.31. The van der Waals surface area contributed by atoms with Gasteiger partial charge in [0.25, 0.3) is 0 Å². The summed E-state index contributed by atoms with van der Waals surface area (Å²) in [7, 11) is 2.01. The number of ether oxygens (including phenoxy) is 1. The summed E-state index contributed by atoms with van der Waals surface area (Å²) >= 11 is 0. The van der Waals surface area contributed by atoms with E-state index in [1.807, 2.05) is 20.2 Å². The first-order chi connectivity index (χ1) is 8.33. The van der Waals surface area contributed by atoms with Gasteiger partial charge in [-0.3, -0.25) is 0 Å². The summed E-state index contributed by atoms with van der Waals surface area (Å²) in [4.78, 5) is 8.96. The smallest absolute Gasteiger partial charge is 0.154 e. The largest absolute Gasteiger partial charge is 0.374 e. The average Bonchev–Trinajstić information content (AvgIpc) is 2.36. The zero-order valence-corrected chi connectivity index (χ0v) is 10.7. The van der Waals surface area contributed by atoms with Gasteiger partial charge < -0.3 is 10.1 Å². The van der Waals surface area contributed by atoms with Crippen LogP contribution in [0.3, 0.4) is 0 Å². The quantitative estimate of drug-likeness (QED) is 0.836. The van der Waals surface area contributed by atoms with Crippen molar-refractivity contribution in [3.63, 3.8) is 0 Å². The lowest BCUT2D eigenvalue weighted by molar-refractivity contribution is 0.128. The van der Waals surface area contributed by atoms with Crippen LogP contribution < -0.4 is 5.32 Å². The third-order valence-electron chi connectivity index (χ3n) is 3.23. The summed E-state index contributed by atoms with van der Waals surface area (Å²) in [5.74, 6) is 1.55. The maximum Gasteiger partial charge on any atom is 0.154 e. The van der Waals surface area contributed by atoms with Crippen LogP contribution in [0, 0.1) is 5.92 Å². The second-order valence-corrected chi connectivity index (χ2v) is 4.56. The minimum atomic E-state index is 0.531. The average molecular weight is 235 g/mol. The van der Waals surface area contributed by atoms with Crippen molar-refractivity contribution in [2.45, 2.75) is 32.8 Å². The lowest BCUT2D eigenvalue weighted by atomic mass is 9.87. The highest BCUT2D eigenvalue weighted by Gasteiger charge is 2.19. The van der Waals surface area contributed by atoms with Crippen molar-refractivity contribution in [3.05, 3.63) is 23.3 Å². The van der Waals surface area contributed by atoms with Gasteiger partial charge in [0.05, 0.1) is 0 Å². The van der Waals surface area contributed by atoms with Crippen LogP contribution in [0.25, 0.3) is 0 Å². The first-order valence-corrected chi connectivity index (χ1v) is 6.39. The number of nitrogens with one attached hydrogen (secondary N) is 1. The molecule has 1 aromatic rings.